The predicted molar refractivity (Wildman–Crippen MR) is 77.1 cm³/mol. The van der Waals surface area contributed by atoms with Crippen LogP contribution in [0.1, 0.15) is 23.3 Å². The third-order valence-corrected chi connectivity index (χ3v) is 4.02. The van der Waals surface area contributed by atoms with E-state index in [2.05, 4.69) is 15.3 Å². The van der Waals surface area contributed by atoms with E-state index in [0.717, 1.165) is 32.1 Å². The highest BCUT2D eigenvalue weighted by molar-refractivity contribution is 5.92. The standard InChI is InChI=1S/C14H21N5O/c15-17-12-3-4-13(16-9-12)14(20)19-7-5-18(6-8-19)10-11-1-2-11/h3-4,9,11,17H,1-2,5-8,10,15H2. The minimum atomic E-state index is 0.0136. The predicted octanol–water partition coefficient (Wildman–Crippen LogP) is 0.535. The molecule has 6 heteroatoms. The molecule has 2 heterocycles. The Morgan fingerprint density at radius 1 is 1.30 bits per heavy atom. The topological polar surface area (TPSA) is 74.5 Å². The van der Waals surface area contributed by atoms with Crippen LogP contribution in [0.25, 0.3) is 0 Å². The first-order chi connectivity index (χ1) is 9.76. The van der Waals surface area contributed by atoms with Gasteiger partial charge in [-0.2, -0.15) is 0 Å². The Kier molecular flexibility index (Phi) is 3.84. The molecule has 0 bridgehead atoms. The van der Waals surface area contributed by atoms with Gasteiger partial charge in [0.1, 0.15) is 5.69 Å². The summed E-state index contributed by atoms with van der Waals surface area (Å²) in [6.07, 6.45) is 4.34. The Morgan fingerprint density at radius 2 is 2.05 bits per heavy atom. The Labute approximate surface area is 118 Å². The molecule has 20 heavy (non-hydrogen) atoms. The van der Waals surface area contributed by atoms with Crippen LogP contribution in [0, 0.1) is 5.92 Å². The third-order valence-electron chi connectivity index (χ3n) is 4.02. The fourth-order valence-electron chi connectivity index (χ4n) is 2.57. The Bertz CT molecular complexity index is 463. The maximum atomic E-state index is 12.3. The van der Waals surface area contributed by atoms with Gasteiger partial charge in [-0.1, -0.05) is 0 Å². The van der Waals surface area contributed by atoms with Crippen molar-refractivity contribution < 1.29 is 4.79 Å². The number of piperazine rings is 1. The van der Waals surface area contributed by atoms with Crippen molar-refractivity contribution in [2.24, 2.45) is 11.8 Å². The number of hydrogen-bond donors (Lipinski definition) is 2. The molecule has 6 nitrogen and oxygen atoms in total. The van der Waals surface area contributed by atoms with Gasteiger partial charge in [-0.3, -0.25) is 15.5 Å². The van der Waals surface area contributed by atoms with E-state index in [-0.39, 0.29) is 5.91 Å². The molecule has 0 unspecified atom stereocenters. The Hall–Kier alpha value is -1.66. The number of nitrogen functional groups attached to an aromatic ring is 1. The number of nitrogens with two attached hydrogens (primary N) is 1. The second kappa shape index (κ2) is 5.76. The molecule has 2 aliphatic rings. The number of hydrazine groups is 1. The largest absolute Gasteiger partial charge is 0.335 e. The molecule has 1 saturated heterocycles. The van der Waals surface area contributed by atoms with Crippen LogP contribution in [0.3, 0.4) is 0 Å². The van der Waals surface area contributed by atoms with Crippen LogP contribution < -0.4 is 11.3 Å². The highest BCUT2D eigenvalue weighted by Gasteiger charge is 2.28. The minimum Gasteiger partial charge on any atom is -0.335 e. The molecule has 1 aliphatic carbocycles. The van der Waals surface area contributed by atoms with Crippen molar-refractivity contribution in [3.8, 4) is 0 Å². The van der Waals surface area contributed by atoms with Gasteiger partial charge in [0.15, 0.2) is 0 Å². The maximum Gasteiger partial charge on any atom is 0.272 e. The molecule has 1 amide bonds. The van der Waals surface area contributed by atoms with E-state index in [9.17, 15) is 4.79 Å². The first-order valence-corrected chi connectivity index (χ1v) is 7.20. The summed E-state index contributed by atoms with van der Waals surface area (Å²) in [6.45, 7) is 4.75. The molecule has 0 radical (unpaired) electrons. The van der Waals surface area contributed by atoms with E-state index >= 15 is 0 Å². The van der Waals surface area contributed by atoms with Crippen LogP contribution in [0.5, 0.6) is 0 Å². The molecule has 3 N–H and O–H groups in total. The number of amides is 1. The van der Waals surface area contributed by atoms with Gasteiger partial charge in [0.2, 0.25) is 0 Å². The molecule has 2 fully saturated rings. The summed E-state index contributed by atoms with van der Waals surface area (Å²) < 4.78 is 0. The average Bonchev–Trinajstić information content (AvgIpc) is 3.31. The molecule has 108 valence electrons. The summed E-state index contributed by atoms with van der Waals surface area (Å²) >= 11 is 0. The van der Waals surface area contributed by atoms with E-state index in [1.165, 1.54) is 19.4 Å². The van der Waals surface area contributed by atoms with Gasteiger partial charge in [0, 0.05) is 32.7 Å². The number of pyridine rings is 1. The Balaban J connectivity index is 1.54. The zero-order valence-electron chi connectivity index (χ0n) is 11.6. The molecular formula is C14H21N5O. The van der Waals surface area contributed by atoms with E-state index in [4.69, 9.17) is 5.84 Å². The van der Waals surface area contributed by atoms with E-state index in [1.54, 1.807) is 18.3 Å². The van der Waals surface area contributed by atoms with Gasteiger partial charge in [0.05, 0.1) is 11.9 Å². The molecule has 0 atom stereocenters. The molecule has 1 saturated carbocycles. The van der Waals surface area contributed by atoms with Crippen LogP contribution in [0.4, 0.5) is 5.69 Å². The molecule has 0 spiro atoms. The van der Waals surface area contributed by atoms with Crippen LogP contribution in [-0.2, 0) is 0 Å². The average molecular weight is 275 g/mol. The lowest BCUT2D eigenvalue weighted by molar-refractivity contribution is 0.0626. The SMILES string of the molecule is NNc1ccc(C(=O)N2CCN(CC3CC3)CC2)nc1. The summed E-state index contributed by atoms with van der Waals surface area (Å²) in [5, 5.41) is 0. The molecular weight excluding hydrogens is 254 g/mol. The second-order valence-corrected chi connectivity index (χ2v) is 5.61. The van der Waals surface area contributed by atoms with Crippen molar-refractivity contribution in [3.63, 3.8) is 0 Å². The summed E-state index contributed by atoms with van der Waals surface area (Å²) in [7, 11) is 0. The van der Waals surface area contributed by atoms with E-state index < -0.39 is 0 Å². The maximum absolute atomic E-state index is 12.3. The lowest BCUT2D eigenvalue weighted by Crippen LogP contribution is -2.49. The summed E-state index contributed by atoms with van der Waals surface area (Å²) in [6, 6.07) is 3.48. The molecule has 1 aromatic heterocycles. The number of aromatic nitrogens is 1. The number of rotatable bonds is 4. The number of carbonyl (C=O) groups excluding carboxylic acids is 1. The van der Waals surface area contributed by atoms with Crippen molar-refractivity contribution in [1.29, 1.82) is 0 Å². The second-order valence-electron chi connectivity index (χ2n) is 5.61. The number of nitrogens with one attached hydrogen (secondary N) is 1. The smallest absolute Gasteiger partial charge is 0.272 e. The van der Waals surface area contributed by atoms with Gasteiger partial charge >= 0.3 is 0 Å². The molecule has 3 rings (SSSR count). The third kappa shape index (κ3) is 3.08. The van der Waals surface area contributed by atoms with Crippen molar-refractivity contribution in [3.05, 3.63) is 24.0 Å². The fraction of sp³-hybridized carbons (Fsp3) is 0.571. The first kappa shape index (κ1) is 13.3. The van der Waals surface area contributed by atoms with Gasteiger partial charge < -0.3 is 10.3 Å². The number of nitrogens with zero attached hydrogens (tertiary/aromatic N) is 3. The number of anilines is 1. The summed E-state index contributed by atoms with van der Waals surface area (Å²) in [5.74, 6) is 6.21. The monoisotopic (exact) mass is 275 g/mol. The number of hydrogen-bond acceptors (Lipinski definition) is 5. The zero-order chi connectivity index (χ0) is 13.9. The van der Waals surface area contributed by atoms with Crippen LogP contribution >= 0.6 is 0 Å². The lowest BCUT2D eigenvalue weighted by Gasteiger charge is -2.34. The molecule has 0 aromatic carbocycles. The van der Waals surface area contributed by atoms with Crippen molar-refractivity contribution >= 4 is 11.6 Å². The van der Waals surface area contributed by atoms with E-state index in [1.807, 2.05) is 4.90 Å². The molecule has 1 aromatic rings. The summed E-state index contributed by atoms with van der Waals surface area (Å²) in [5.41, 5.74) is 3.70. The van der Waals surface area contributed by atoms with Gasteiger partial charge in [0.25, 0.3) is 5.91 Å². The van der Waals surface area contributed by atoms with Crippen LogP contribution in [0.2, 0.25) is 0 Å². The highest BCUT2D eigenvalue weighted by Crippen LogP contribution is 2.29. The van der Waals surface area contributed by atoms with Crippen molar-refractivity contribution in [2.75, 3.05) is 38.1 Å². The number of carbonyl (C=O) groups is 1. The van der Waals surface area contributed by atoms with Gasteiger partial charge in [-0.25, -0.2) is 4.98 Å². The summed E-state index contributed by atoms with van der Waals surface area (Å²) in [4.78, 5) is 20.8. The van der Waals surface area contributed by atoms with E-state index in [0.29, 0.717) is 11.4 Å². The van der Waals surface area contributed by atoms with Crippen LogP contribution in [0.15, 0.2) is 18.3 Å². The van der Waals surface area contributed by atoms with Crippen molar-refractivity contribution in [2.45, 2.75) is 12.8 Å². The van der Waals surface area contributed by atoms with Gasteiger partial charge in [-0.05, 0) is 30.9 Å². The Morgan fingerprint density at radius 3 is 2.60 bits per heavy atom. The fourth-order valence-corrected chi connectivity index (χ4v) is 2.57. The zero-order valence-corrected chi connectivity index (χ0v) is 11.6. The lowest BCUT2D eigenvalue weighted by atomic mass is 10.2. The highest BCUT2D eigenvalue weighted by atomic mass is 16.2. The molecule has 1 aliphatic heterocycles. The minimum absolute atomic E-state index is 0.0136. The normalized spacial score (nSPS) is 19.9. The van der Waals surface area contributed by atoms with Gasteiger partial charge in [-0.15, -0.1) is 0 Å². The van der Waals surface area contributed by atoms with Crippen LogP contribution in [-0.4, -0.2) is 53.4 Å². The quantitative estimate of drug-likeness (QED) is 0.619. The van der Waals surface area contributed by atoms with Crippen molar-refractivity contribution in [1.82, 2.24) is 14.8 Å². The first-order valence-electron chi connectivity index (χ1n) is 7.20.